The molecule has 0 bridgehead atoms. The largest absolute Gasteiger partial charge is 0.352 e. The van der Waals surface area contributed by atoms with Crippen molar-refractivity contribution in [2.45, 2.75) is 46.2 Å². The van der Waals surface area contributed by atoms with Crippen LogP contribution in [-0.4, -0.2) is 16.5 Å². The van der Waals surface area contributed by atoms with Gasteiger partial charge in [-0.25, -0.2) is 0 Å². The van der Waals surface area contributed by atoms with E-state index >= 15 is 0 Å². The van der Waals surface area contributed by atoms with Crippen LogP contribution in [0.15, 0.2) is 30.3 Å². The van der Waals surface area contributed by atoms with Crippen molar-refractivity contribution < 1.29 is 4.79 Å². The standard InChI is InChI=1S/C16H22N2O/c1-4-7-12(2)17-16(19)11-18-13(3)10-14-8-5-6-9-15(14)18/h5-6,8-10,12H,4,7,11H2,1-3H3,(H,17,19). The molecule has 0 aliphatic carbocycles. The molecule has 0 aliphatic rings. The van der Waals surface area contributed by atoms with Gasteiger partial charge in [-0.2, -0.15) is 0 Å². The third kappa shape index (κ3) is 3.16. The number of aromatic nitrogens is 1. The van der Waals surface area contributed by atoms with Crippen molar-refractivity contribution in [2.75, 3.05) is 0 Å². The number of para-hydroxylation sites is 1. The van der Waals surface area contributed by atoms with E-state index in [1.165, 1.54) is 5.39 Å². The number of amides is 1. The van der Waals surface area contributed by atoms with E-state index < -0.39 is 0 Å². The molecule has 0 saturated carbocycles. The summed E-state index contributed by atoms with van der Waals surface area (Å²) in [7, 11) is 0. The Hall–Kier alpha value is -1.77. The number of hydrogen-bond acceptors (Lipinski definition) is 1. The zero-order valence-electron chi connectivity index (χ0n) is 11.9. The van der Waals surface area contributed by atoms with Gasteiger partial charge in [-0.1, -0.05) is 31.5 Å². The number of fused-ring (bicyclic) bond motifs is 1. The quantitative estimate of drug-likeness (QED) is 0.877. The van der Waals surface area contributed by atoms with Crippen molar-refractivity contribution >= 4 is 16.8 Å². The molecule has 3 heteroatoms. The van der Waals surface area contributed by atoms with E-state index in [2.05, 4.69) is 41.9 Å². The minimum absolute atomic E-state index is 0.0883. The van der Waals surface area contributed by atoms with E-state index in [9.17, 15) is 4.79 Å². The van der Waals surface area contributed by atoms with Crippen molar-refractivity contribution in [3.05, 3.63) is 36.0 Å². The lowest BCUT2D eigenvalue weighted by Crippen LogP contribution is -2.35. The van der Waals surface area contributed by atoms with Gasteiger partial charge in [0.2, 0.25) is 5.91 Å². The van der Waals surface area contributed by atoms with Gasteiger partial charge >= 0.3 is 0 Å². The van der Waals surface area contributed by atoms with Gasteiger partial charge in [0.05, 0.1) is 0 Å². The first-order valence-electron chi connectivity index (χ1n) is 6.96. The topological polar surface area (TPSA) is 34.0 Å². The van der Waals surface area contributed by atoms with E-state index in [4.69, 9.17) is 0 Å². The Bertz CT molecular complexity index is 571. The number of carbonyl (C=O) groups excluding carboxylic acids is 1. The number of nitrogens with zero attached hydrogens (tertiary/aromatic N) is 1. The van der Waals surface area contributed by atoms with Gasteiger partial charge in [0.15, 0.2) is 0 Å². The summed E-state index contributed by atoms with van der Waals surface area (Å²) in [5.74, 6) is 0.0883. The van der Waals surface area contributed by atoms with Crippen molar-refractivity contribution in [1.29, 1.82) is 0 Å². The van der Waals surface area contributed by atoms with E-state index in [0.29, 0.717) is 6.54 Å². The fourth-order valence-electron chi connectivity index (χ4n) is 2.53. The molecule has 1 N–H and O–H groups in total. The molecule has 19 heavy (non-hydrogen) atoms. The highest BCUT2D eigenvalue weighted by atomic mass is 16.2. The summed E-state index contributed by atoms with van der Waals surface area (Å²) < 4.78 is 2.07. The SMILES string of the molecule is CCCC(C)NC(=O)Cn1c(C)cc2ccccc21. The van der Waals surface area contributed by atoms with Crippen molar-refractivity contribution in [1.82, 2.24) is 9.88 Å². The third-order valence-electron chi connectivity index (χ3n) is 3.45. The second kappa shape index (κ2) is 5.91. The summed E-state index contributed by atoms with van der Waals surface area (Å²) >= 11 is 0. The van der Waals surface area contributed by atoms with Gasteiger partial charge in [-0.05, 0) is 37.8 Å². The number of carbonyl (C=O) groups is 1. The van der Waals surface area contributed by atoms with Crippen LogP contribution in [0.4, 0.5) is 0 Å². The van der Waals surface area contributed by atoms with Crippen molar-refractivity contribution in [3.63, 3.8) is 0 Å². The number of hydrogen-bond donors (Lipinski definition) is 1. The first kappa shape index (κ1) is 13.7. The zero-order valence-corrected chi connectivity index (χ0v) is 11.9. The molecule has 1 amide bonds. The molecule has 102 valence electrons. The maximum absolute atomic E-state index is 12.1. The molecular formula is C16H22N2O. The molecule has 1 unspecified atom stereocenters. The van der Waals surface area contributed by atoms with Crippen LogP contribution in [0.3, 0.4) is 0 Å². The lowest BCUT2D eigenvalue weighted by molar-refractivity contribution is -0.122. The second-order valence-electron chi connectivity index (χ2n) is 5.19. The molecule has 2 aromatic rings. The van der Waals surface area contributed by atoms with Gasteiger partial charge in [-0.3, -0.25) is 4.79 Å². The maximum Gasteiger partial charge on any atom is 0.240 e. The normalized spacial score (nSPS) is 12.6. The lowest BCUT2D eigenvalue weighted by atomic mass is 10.2. The minimum Gasteiger partial charge on any atom is -0.352 e. The Labute approximate surface area is 114 Å². The van der Waals surface area contributed by atoms with Gasteiger partial charge in [0.25, 0.3) is 0 Å². The van der Waals surface area contributed by atoms with Crippen LogP contribution in [-0.2, 0) is 11.3 Å². The van der Waals surface area contributed by atoms with E-state index in [0.717, 1.165) is 24.1 Å². The first-order chi connectivity index (χ1) is 9.11. The highest BCUT2D eigenvalue weighted by Crippen LogP contribution is 2.18. The number of benzene rings is 1. The van der Waals surface area contributed by atoms with Gasteiger partial charge in [-0.15, -0.1) is 0 Å². The minimum atomic E-state index is 0.0883. The molecule has 0 aliphatic heterocycles. The number of aryl methyl sites for hydroxylation is 1. The highest BCUT2D eigenvalue weighted by Gasteiger charge is 2.11. The Morgan fingerprint density at radius 1 is 1.37 bits per heavy atom. The Morgan fingerprint density at radius 2 is 2.11 bits per heavy atom. The van der Waals surface area contributed by atoms with Crippen LogP contribution < -0.4 is 5.32 Å². The molecule has 0 saturated heterocycles. The lowest BCUT2D eigenvalue weighted by Gasteiger charge is -2.14. The summed E-state index contributed by atoms with van der Waals surface area (Å²) in [5, 5.41) is 4.24. The Kier molecular flexibility index (Phi) is 4.25. The molecule has 0 fully saturated rings. The van der Waals surface area contributed by atoms with Crippen LogP contribution in [0.1, 0.15) is 32.4 Å². The van der Waals surface area contributed by atoms with Crippen LogP contribution in [0.25, 0.3) is 10.9 Å². The Balaban J connectivity index is 2.13. The summed E-state index contributed by atoms with van der Waals surface area (Å²) in [6.45, 7) is 6.63. The van der Waals surface area contributed by atoms with Crippen LogP contribution in [0.2, 0.25) is 0 Å². The predicted molar refractivity (Wildman–Crippen MR) is 79.2 cm³/mol. The predicted octanol–water partition coefficient (Wildman–Crippen LogP) is 3.25. The number of rotatable bonds is 5. The van der Waals surface area contributed by atoms with Gasteiger partial charge < -0.3 is 9.88 Å². The summed E-state index contributed by atoms with van der Waals surface area (Å²) in [6, 6.07) is 10.5. The molecule has 0 radical (unpaired) electrons. The second-order valence-corrected chi connectivity index (χ2v) is 5.19. The summed E-state index contributed by atoms with van der Waals surface area (Å²) in [6.07, 6.45) is 2.12. The van der Waals surface area contributed by atoms with E-state index in [-0.39, 0.29) is 11.9 Å². The monoisotopic (exact) mass is 258 g/mol. The average molecular weight is 258 g/mol. The van der Waals surface area contributed by atoms with Crippen molar-refractivity contribution in [3.8, 4) is 0 Å². The maximum atomic E-state index is 12.1. The fraction of sp³-hybridized carbons (Fsp3) is 0.438. The summed E-state index contributed by atoms with van der Waals surface area (Å²) in [5.41, 5.74) is 2.25. The van der Waals surface area contributed by atoms with Crippen LogP contribution in [0, 0.1) is 6.92 Å². The van der Waals surface area contributed by atoms with E-state index in [1.807, 2.05) is 19.1 Å². The third-order valence-corrected chi connectivity index (χ3v) is 3.45. The molecular weight excluding hydrogens is 236 g/mol. The first-order valence-corrected chi connectivity index (χ1v) is 6.96. The number of nitrogens with one attached hydrogen (secondary N) is 1. The molecule has 1 heterocycles. The molecule has 1 aromatic carbocycles. The zero-order chi connectivity index (χ0) is 13.8. The summed E-state index contributed by atoms with van der Waals surface area (Å²) in [4.78, 5) is 12.1. The molecule has 0 spiro atoms. The van der Waals surface area contributed by atoms with Gasteiger partial charge in [0.1, 0.15) is 6.54 Å². The molecule has 2 rings (SSSR count). The Morgan fingerprint density at radius 3 is 2.84 bits per heavy atom. The van der Waals surface area contributed by atoms with Crippen LogP contribution >= 0.6 is 0 Å². The highest BCUT2D eigenvalue weighted by molar-refractivity contribution is 5.84. The van der Waals surface area contributed by atoms with Gasteiger partial charge in [0, 0.05) is 17.3 Å². The fourth-order valence-corrected chi connectivity index (χ4v) is 2.53. The van der Waals surface area contributed by atoms with Crippen molar-refractivity contribution in [2.24, 2.45) is 0 Å². The average Bonchev–Trinajstić information content (AvgIpc) is 2.66. The van der Waals surface area contributed by atoms with Crippen LogP contribution in [0.5, 0.6) is 0 Å². The van der Waals surface area contributed by atoms with E-state index in [1.54, 1.807) is 0 Å². The smallest absolute Gasteiger partial charge is 0.240 e. The molecule has 1 aromatic heterocycles. The molecule has 3 nitrogen and oxygen atoms in total. The molecule has 1 atom stereocenters.